The van der Waals surface area contributed by atoms with Crippen molar-refractivity contribution >= 4 is 17.3 Å². The lowest BCUT2D eigenvalue weighted by Gasteiger charge is -2.28. The third kappa shape index (κ3) is 4.14. The zero-order valence-electron chi connectivity index (χ0n) is 13.5. The van der Waals surface area contributed by atoms with Crippen LogP contribution in [0.25, 0.3) is 0 Å². The van der Waals surface area contributed by atoms with Crippen LogP contribution in [-0.2, 0) is 11.3 Å². The summed E-state index contributed by atoms with van der Waals surface area (Å²) in [7, 11) is 0. The first kappa shape index (κ1) is 17.0. The number of nitrogens with zero attached hydrogens (tertiary/aromatic N) is 2. The fourth-order valence-electron chi connectivity index (χ4n) is 3.20. The van der Waals surface area contributed by atoms with Gasteiger partial charge >= 0.3 is 5.97 Å². The molecule has 1 atom stereocenters. The number of rotatable bonds is 5. The van der Waals surface area contributed by atoms with Crippen LogP contribution in [0.1, 0.15) is 22.9 Å². The molecular formula is C18H22N2O3S. The Bertz CT molecular complexity index is 657. The summed E-state index contributed by atoms with van der Waals surface area (Å²) in [5.74, 6) is -0.687. The molecule has 1 aliphatic rings. The van der Waals surface area contributed by atoms with Gasteiger partial charge in [-0.2, -0.15) is 0 Å². The predicted octanol–water partition coefficient (Wildman–Crippen LogP) is 2.79. The summed E-state index contributed by atoms with van der Waals surface area (Å²) in [5.41, 5.74) is 0.715. The first-order chi connectivity index (χ1) is 11.6. The van der Waals surface area contributed by atoms with Crippen LogP contribution < -0.4 is 0 Å². The Labute approximate surface area is 145 Å². The van der Waals surface area contributed by atoms with E-state index in [0.717, 1.165) is 39.1 Å². The van der Waals surface area contributed by atoms with Crippen LogP contribution in [0.2, 0.25) is 0 Å². The van der Waals surface area contributed by atoms with Gasteiger partial charge in [-0.3, -0.25) is 14.6 Å². The molecule has 0 aliphatic carbocycles. The second kappa shape index (κ2) is 7.79. The van der Waals surface area contributed by atoms with Gasteiger partial charge in [0.15, 0.2) is 0 Å². The molecule has 24 heavy (non-hydrogen) atoms. The number of phenolic OH excluding ortho intramolecular Hbond substituents is 1. The van der Waals surface area contributed by atoms with E-state index in [4.69, 9.17) is 0 Å². The number of aromatic hydroxyl groups is 1. The lowest BCUT2D eigenvalue weighted by Crippen LogP contribution is -2.37. The number of aliphatic carboxylic acids is 1. The summed E-state index contributed by atoms with van der Waals surface area (Å²) in [4.78, 5) is 17.6. The van der Waals surface area contributed by atoms with Gasteiger partial charge in [-0.25, -0.2) is 0 Å². The highest BCUT2D eigenvalue weighted by molar-refractivity contribution is 7.09. The van der Waals surface area contributed by atoms with Crippen LogP contribution in [0.15, 0.2) is 41.8 Å². The van der Waals surface area contributed by atoms with E-state index in [1.165, 1.54) is 4.88 Å². The number of hydrogen-bond donors (Lipinski definition) is 2. The zero-order valence-corrected chi connectivity index (χ0v) is 14.3. The van der Waals surface area contributed by atoms with Gasteiger partial charge in [-0.05, 0) is 42.1 Å². The molecule has 3 rings (SSSR count). The van der Waals surface area contributed by atoms with Crippen molar-refractivity contribution in [3.8, 4) is 5.75 Å². The van der Waals surface area contributed by atoms with Crippen LogP contribution in [0, 0.1) is 0 Å². The van der Waals surface area contributed by atoms with Crippen molar-refractivity contribution in [1.82, 2.24) is 9.80 Å². The number of carbonyl (C=O) groups is 1. The minimum absolute atomic E-state index is 0.154. The number of hydrogen-bond acceptors (Lipinski definition) is 5. The quantitative estimate of drug-likeness (QED) is 0.872. The molecule has 2 N–H and O–H groups in total. The van der Waals surface area contributed by atoms with E-state index in [-0.39, 0.29) is 5.75 Å². The Morgan fingerprint density at radius 3 is 2.58 bits per heavy atom. The van der Waals surface area contributed by atoms with E-state index in [1.54, 1.807) is 35.6 Å². The van der Waals surface area contributed by atoms with Gasteiger partial charge in [0.2, 0.25) is 0 Å². The maximum Gasteiger partial charge on any atom is 0.325 e. The van der Waals surface area contributed by atoms with Crippen LogP contribution in [0.4, 0.5) is 0 Å². The molecule has 2 heterocycles. The highest BCUT2D eigenvalue weighted by atomic mass is 32.1. The topological polar surface area (TPSA) is 64.0 Å². The van der Waals surface area contributed by atoms with E-state index in [2.05, 4.69) is 22.4 Å². The number of thiophene rings is 1. The molecule has 1 aliphatic heterocycles. The van der Waals surface area contributed by atoms with Crippen molar-refractivity contribution in [2.45, 2.75) is 19.0 Å². The Morgan fingerprint density at radius 2 is 1.92 bits per heavy atom. The van der Waals surface area contributed by atoms with Gasteiger partial charge in [0.25, 0.3) is 0 Å². The van der Waals surface area contributed by atoms with Gasteiger partial charge in [0.05, 0.1) is 0 Å². The molecule has 1 aromatic heterocycles. The highest BCUT2D eigenvalue weighted by Gasteiger charge is 2.29. The van der Waals surface area contributed by atoms with Crippen molar-refractivity contribution in [1.29, 1.82) is 0 Å². The van der Waals surface area contributed by atoms with Crippen molar-refractivity contribution in [2.75, 3.05) is 26.2 Å². The molecule has 0 spiro atoms. The van der Waals surface area contributed by atoms with Crippen molar-refractivity contribution in [2.24, 2.45) is 0 Å². The SMILES string of the molecule is O=C(O)[C@H](c1ccc(O)cc1)N1CCCN(Cc2cccs2)CC1. The van der Waals surface area contributed by atoms with Crippen molar-refractivity contribution < 1.29 is 15.0 Å². The summed E-state index contributed by atoms with van der Waals surface area (Å²) in [6.07, 6.45) is 0.952. The molecule has 0 radical (unpaired) electrons. The van der Waals surface area contributed by atoms with Gasteiger partial charge in [0.1, 0.15) is 11.8 Å². The van der Waals surface area contributed by atoms with E-state index < -0.39 is 12.0 Å². The van der Waals surface area contributed by atoms with Gasteiger partial charge in [-0.1, -0.05) is 18.2 Å². The molecule has 0 unspecified atom stereocenters. The van der Waals surface area contributed by atoms with Crippen molar-refractivity contribution in [3.05, 3.63) is 52.2 Å². The smallest absolute Gasteiger partial charge is 0.325 e. The minimum atomic E-state index is -0.840. The summed E-state index contributed by atoms with van der Waals surface area (Å²) >= 11 is 1.76. The highest BCUT2D eigenvalue weighted by Crippen LogP contribution is 2.25. The summed E-state index contributed by atoms with van der Waals surface area (Å²) in [6, 6.07) is 10.0. The largest absolute Gasteiger partial charge is 0.508 e. The van der Waals surface area contributed by atoms with Gasteiger partial charge in [-0.15, -0.1) is 11.3 Å². The molecule has 0 bridgehead atoms. The fourth-order valence-corrected chi connectivity index (χ4v) is 3.94. The average molecular weight is 346 g/mol. The molecule has 128 valence electrons. The van der Waals surface area contributed by atoms with Crippen LogP contribution >= 0.6 is 11.3 Å². The van der Waals surface area contributed by atoms with Crippen LogP contribution in [-0.4, -0.2) is 52.2 Å². The lowest BCUT2D eigenvalue weighted by molar-refractivity contribution is -0.143. The molecule has 6 heteroatoms. The number of carboxylic acid groups (broad SMARTS) is 1. The summed E-state index contributed by atoms with van der Waals surface area (Å²) in [5, 5.41) is 21.2. The van der Waals surface area contributed by atoms with Gasteiger partial charge in [0, 0.05) is 31.1 Å². The second-order valence-electron chi connectivity index (χ2n) is 6.08. The third-order valence-electron chi connectivity index (χ3n) is 4.39. The van der Waals surface area contributed by atoms with Crippen molar-refractivity contribution in [3.63, 3.8) is 0 Å². The normalized spacial score (nSPS) is 18.2. The van der Waals surface area contributed by atoms with E-state index >= 15 is 0 Å². The minimum Gasteiger partial charge on any atom is -0.508 e. The molecule has 2 aromatic rings. The second-order valence-corrected chi connectivity index (χ2v) is 7.11. The number of benzene rings is 1. The van der Waals surface area contributed by atoms with Gasteiger partial charge < -0.3 is 10.2 Å². The number of carboxylic acids is 1. The van der Waals surface area contributed by atoms with Crippen LogP contribution in [0.5, 0.6) is 5.75 Å². The Morgan fingerprint density at radius 1 is 1.12 bits per heavy atom. The third-order valence-corrected chi connectivity index (χ3v) is 5.25. The average Bonchev–Trinajstić information content (AvgIpc) is 2.96. The first-order valence-electron chi connectivity index (χ1n) is 8.14. The molecule has 1 fully saturated rings. The first-order valence-corrected chi connectivity index (χ1v) is 9.02. The summed E-state index contributed by atoms with van der Waals surface area (Å²) in [6.45, 7) is 4.26. The van der Waals surface area contributed by atoms with E-state index in [9.17, 15) is 15.0 Å². The fraction of sp³-hybridized carbons (Fsp3) is 0.389. The molecule has 1 aromatic carbocycles. The molecule has 5 nitrogen and oxygen atoms in total. The summed E-state index contributed by atoms with van der Waals surface area (Å²) < 4.78 is 0. The monoisotopic (exact) mass is 346 g/mol. The molecule has 0 amide bonds. The van der Waals surface area contributed by atoms with E-state index in [1.807, 2.05) is 4.90 Å². The van der Waals surface area contributed by atoms with E-state index in [0.29, 0.717) is 5.56 Å². The lowest BCUT2D eigenvalue weighted by atomic mass is 10.0. The predicted molar refractivity (Wildman–Crippen MR) is 94.3 cm³/mol. The Hall–Kier alpha value is -1.89. The maximum atomic E-state index is 11.8. The molecular weight excluding hydrogens is 324 g/mol. The van der Waals surface area contributed by atoms with Crippen LogP contribution in [0.3, 0.4) is 0 Å². The Kier molecular flexibility index (Phi) is 5.50. The molecule has 0 saturated carbocycles. The standard InChI is InChI=1S/C18H22N2O3S/c21-15-6-4-14(5-7-15)17(18(22)23)20-9-2-8-19(10-11-20)13-16-3-1-12-24-16/h1,3-7,12,17,21H,2,8-11,13H2,(H,22,23)/t17-/m0/s1. The molecule has 1 saturated heterocycles. The zero-order chi connectivity index (χ0) is 16.9. The number of phenols is 1. The maximum absolute atomic E-state index is 11.8. The Balaban J connectivity index is 1.68.